The van der Waals surface area contributed by atoms with Gasteiger partial charge in [0.15, 0.2) is 11.5 Å². The zero-order valence-electron chi connectivity index (χ0n) is 11.4. The maximum absolute atomic E-state index is 11.7. The summed E-state index contributed by atoms with van der Waals surface area (Å²) in [5.74, 6) is 0.647. The topological polar surface area (TPSA) is 68.6 Å². The van der Waals surface area contributed by atoms with Crippen molar-refractivity contribution < 1.29 is 19.0 Å². The molecule has 0 atom stereocenters. The third kappa shape index (κ3) is 3.29. The number of carbonyl (C=O) groups excluding carboxylic acids is 1. The second kappa shape index (κ2) is 6.11. The fourth-order valence-corrected chi connectivity index (χ4v) is 1.73. The number of benzene rings is 1. The van der Waals surface area contributed by atoms with Crippen LogP contribution in [0.1, 0.15) is 19.4 Å². The molecule has 1 aliphatic rings. The summed E-state index contributed by atoms with van der Waals surface area (Å²) in [5, 5.41) is 9.03. The maximum Gasteiger partial charge on any atom is 0.349 e. The van der Waals surface area contributed by atoms with Gasteiger partial charge in [0, 0.05) is 0 Å². The van der Waals surface area contributed by atoms with Crippen molar-refractivity contribution in [2.24, 2.45) is 0 Å². The molecule has 1 aliphatic heterocycles. The molecule has 0 amide bonds. The molecule has 1 heterocycles. The van der Waals surface area contributed by atoms with Crippen LogP contribution >= 0.6 is 0 Å². The fraction of sp³-hybridized carbons (Fsp3) is 0.333. The van der Waals surface area contributed by atoms with Crippen molar-refractivity contribution >= 4 is 12.0 Å². The number of carbonyl (C=O) groups is 1. The Hall–Kier alpha value is -2.48. The van der Waals surface area contributed by atoms with Crippen molar-refractivity contribution in [3.8, 4) is 17.6 Å². The zero-order valence-corrected chi connectivity index (χ0v) is 11.4. The van der Waals surface area contributed by atoms with Gasteiger partial charge in [0.1, 0.15) is 24.9 Å². The van der Waals surface area contributed by atoms with Crippen LogP contribution in [0.2, 0.25) is 0 Å². The minimum Gasteiger partial charge on any atom is -0.486 e. The predicted molar refractivity (Wildman–Crippen MR) is 72.3 cm³/mol. The van der Waals surface area contributed by atoms with Gasteiger partial charge in [-0.3, -0.25) is 0 Å². The zero-order chi connectivity index (χ0) is 14.5. The van der Waals surface area contributed by atoms with E-state index < -0.39 is 5.97 Å². The van der Waals surface area contributed by atoms with E-state index in [-0.39, 0.29) is 11.7 Å². The molecular formula is C15H15NO4. The highest BCUT2D eigenvalue weighted by Gasteiger charge is 2.14. The fourth-order valence-electron chi connectivity index (χ4n) is 1.73. The van der Waals surface area contributed by atoms with E-state index in [1.807, 2.05) is 6.07 Å². The molecule has 0 aliphatic carbocycles. The summed E-state index contributed by atoms with van der Waals surface area (Å²) in [6, 6.07) is 7.09. The molecule has 0 bridgehead atoms. The number of esters is 1. The Morgan fingerprint density at radius 2 is 2.05 bits per heavy atom. The first-order valence-corrected chi connectivity index (χ1v) is 6.32. The second-order valence-corrected chi connectivity index (χ2v) is 4.53. The van der Waals surface area contributed by atoms with Crippen LogP contribution in [0.4, 0.5) is 0 Å². The van der Waals surface area contributed by atoms with Crippen molar-refractivity contribution in [2.45, 2.75) is 20.0 Å². The Morgan fingerprint density at radius 1 is 1.35 bits per heavy atom. The Labute approximate surface area is 117 Å². The summed E-state index contributed by atoms with van der Waals surface area (Å²) in [6.07, 6.45) is 1.21. The van der Waals surface area contributed by atoms with Crippen LogP contribution in [0.3, 0.4) is 0 Å². The average Bonchev–Trinajstić information content (AvgIpc) is 2.43. The van der Waals surface area contributed by atoms with Crippen molar-refractivity contribution in [1.82, 2.24) is 0 Å². The molecule has 1 aromatic rings. The summed E-state index contributed by atoms with van der Waals surface area (Å²) in [7, 11) is 0. The van der Waals surface area contributed by atoms with E-state index in [4.69, 9.17) is 19.5 Å². The molecule has 104 valence electrons. The molecule has 0 fully saturated rings. The molecule has 5 nitrogen and oxygen atoms in total. The van der Waals surface area contributed by atoms with E-state index in [9.17, 15) is 4.79 Å². The smallest absolute Gasteiger partial charge is 0.349 e. The number of rotatable bonds is 3. The number of nitrogens with zero attached hydrogens (tertiary/aromatic N) is 1. The van der Waals surface area contributed by atoms with Gasteiger partial charge in [0.2, 0.25) is 0 Å². The standard InChI is InChI=1S/C15H15NO4/c1-10(2)20-15(17)12(9-16)7-11-3-4-13-14(8-11)19-6-5-18-13/h3-4,7-8,10H,5-6H2,1-2H3. The van der Waals surface area contributed by atoms with Crippen molar-refractivity contribution in [2.75, 3.05) is 13.2 Å². The Balaban J connectivity index is 2.24. The first-order valence-electron chi connectivity index (χ1n) is 6.32. The van der Waals surface area contributed by atoms with E-state index in [2.05, 4.69) is 0 Å². The van der Waals surface area contributed by atoms with Gasteiger partial charge in [0.25, 0.3) is 0 Å². The van der Waals surface area contributed by atoms with Crippen molar-refractivity contribution in [3.05, 3.63) is 29.3 Å². The Kier molecular flexibility index (Phi) is 4.26. The largest absolute Gasteiger partial charge is 0.486 e. The van der Waals surface area contributed by atoms with Gasteiger partial charge in [-0.2, -0.15) is 5.26 Å². The number of hydrogen-bond donors (Lipinski definition) is 0. The Morgan fingerprint density at radius 3 is 2.70 bits per heavy atom. The third-order valence-corrected chi connectivity index (χ3v) is 2.56. The van der Waals surface area contributed by atoms with Crippen LogP contribution < -0.4 is 9.47 Å². The quantitative estimate of drug-likeness (QED) is 0.480. The molecule has 0 N–H and O–H groups in total. The molecule has 0 aromatic heterocycles. The van der Waals surface area contributed by atoms with Gasteiger partial charge < -0.3 is 14.2 Å². The van der Waals surface area contributed by atoms with Gasteiger partial charge in [-0.1, -0.05) is 6.07 Å². The molecule has 0 saturated heterocycles. The molecule has 1 aromatic carbocycles. The summed E-state index contributed by atoms with van der Waals surface area (Å²) < 4.78 is 15.9. The maximum atomic E-state index is 11.7. The van der Waals surface area contributed by atoms with Crippen LogP contribution in [0.5, 0.6) is 11.5 Å². The molecule has 0 spiro atoms. The normalized spacial score (nSPS) is 13.8. The molecule has 0 saturated carbocycles. The van der Waals surface area contributed by atoms with Gasteiger partial charge in [-0.25, -0.2) is 4.79 Å². The van der Waals surface area contributed by atoms with Gasteiger partial charge in [0.05, 0.1) is 6.10 Å². The number of ether oxygens (including phenoxy) is 3. The van der Waals surface area contributed by atoms with Crippen LogP contribution in [-0.2, 0) is 9.53 Å². The molecule has 0 radical (unpaired) electrons. The molecule has 2 rings (SSSR count). The Bertz CT molecular complexity index is 584. The summed E-state index contributed by atoms with van der Waals surface area (Å²) >= 11 is 0. The van der Waals surface area contributed by atoms with E-state index in [0.717, 1.165) is 0 Å². The summed E-state index contributed by atoms with van der Waals surface area (Å²) in [6.45, 7) is 4.47. The van der Waals surface area contributed by atoms with Crippen LogP contribution in [0.25, 0.3) is 6.08 Å². The number of hydrogen-bond acceptors (Lipinski definition) is 5. The second-order valence-electron chi connectivity index (χ2n) is 4.53. The van der Waals surface area contributed by atoms with Gasteiger partial charge >= 0.3 is 5.97 Å². The number of nitriles is 1. The van der Waals surface area contributed by atoms with Gasteiger partial charge in [-0.05, 0) is 37.6 Å². The monoisotopic (exact) mass is 273 g/mol. The lowest BCUT2D eigenvalue weighted by atomic mass is 10.1. The van der Waals surface area contributed by atoms with Gasteiger partial charge in [-0.15, -0.1) is 0 Å². The highest BCUT2D eigenvalue weighted by Crippen LogP contribution is 2.31. The van der Waals surface area contributed by atoms with E-state index in [1.165, 1.54) is 6.08 Å². The summed E-state index contributed by atoms with van der Waals surface area (Å²) in [5.41, 5.74) is 0.641. The molecule has 5 heteroatoms. The lowest BCUT2D eigenvalue weighted by Gasteiger charge is -2.18. The lowest BCUT2D eigenvalue weighted by molar-refractivity contribution is -0.142. The lowest BCUT2D eigenvalue weighted by Crippen LogP contribution is -2.15. The molecule has 20 heavy (non-hydrogen) atoms. The van der Waals surface area contributed by atoms with E-state index in [1.54, 1.807) is 32.0 Å². The van der Waals surface area contributed by atoms with Crippen LogP contribution in [0, 0.1) is 11.3 Å². The minimum absolute atomic E-state index is 0.0459. The highest BCUT2D eigenvalue weighted by atomic mass is 16.6. The van der Waals surface area contributed by atoms with Crippen molar-refractivity contribution in [3.63, 3.8) is 0 Å². The highest BCUT2D eigenvalue weighted by molar-refractivity contribution is 5.98. The average molecular weight is 273 g/mol. The first-order chi connectivity index (χ1) is 9.60. The third-order valence-electron chi connectivity index (χ3n) is 2.56. The molecular weight excluding hydrogens is 258 g/mol. The minimum atomic E-state index is -0.627. The van der Waals surface area contributed by atoms with Crippen LogP contribution in [0.15, 0.2) is 23.8 Å². The van der Waals surface area contributed by atoms with Crippen LogP contribution in [-0.4, -0.2) is 25.3 Å². The van der Waals surface area contributed by atoms with Crippen molar-refractivity contribution in [1.29, 1.82) is 5.26 Å². The molecule has 0 unspecified atom stereocenters. The number of fused-ring (bicyclic) bond motifs is 1. The summed E-state index contributed by atoms with van der Waals surface area (Å²) in [4.78, 5) is 11.7. The first kappa shape index (κ1) is 13.9. The van der Waals surface area contributed by atoms with E-state index >= 15 is 0 Å². The predicted octanol–water partition coefficient (Wildman–Crippen LogP) is 2.32. The SMILES string of the molecule is CC(C)OC(=O)C(C#N)=Cc1ccc2c(c1)OCCO2. The van der Waals surface area contributed by atoms with E-state index in [0.29, 0.717) is 30.3 Å².